The molecule has 2 fully saturated rings. The number of fused-ring (bicyclic) bond motifs is 7. The number of nitrogens with zero attached hydrogens (tertiary/aromatic N) is 2. The quantitative estimate of drug-likeness (QED) is 0.284. The Bertz CT molecular complexity index is 1760. The molecule has 7 heteroatoms. The molecule has 0 aromatic heterocycles. The number of anilines is 1. The zero-order valence-electron chi connectivity index (χ0n) is 20.7. The van der Waals surface area contributed by atoms with Gasteiger partial charge in [-0.25, -0.2) is 4.90 Å². The molecule has 7 nitrogen and oxygen atoms in total. The van der Waals surface area contributed by atoms with Crippen LogP contribution in [-0.2, 0) is 9.59 Å². The number of rotatable bonds is 3. The van der Waals surface area contributed by atoms with Gasteiger partial charge in [0.1, 0.15) is 6.04 Å². The minimum atomic E-state index is -0.846. The molecule has 190 valence electrons. The molecule has 0 N–H and O–H groups in total. The van der Waals surface area contributed by atoms with Crippen LogP contribution in [0, 0.1) is 11.8 Å². The van der Waals surface area contributed by atoms with E-state index >= 15 is 0 Å². The van der Waals surface area contributed by atoms with Crippen molar-refractivity contribution in [2.75, 3.05) is 11.7 Å². The number of ether oxygens (including phenoxy) is 2. The Morgan fingerprint density at radius 3 is 2.49 bits per heavy atom. The number of ketones is 1. The maximum atomic E-state index is 14.3. The highest BCUT2D eigenvalue weighted by molar-refractivity contribution is 6.27. The molecule has 2 amide bonds. The molecule has 0 saturated carbocycles. The molecule has 2 saturated heterocycles. The van der Waals surface area contributed by atoms with E-state index in [0.717, 1.165) is 21.9 Å². The smallest absolute Gasteiger partial charge is 0.240 e. The largest absolute Gasteiger partial charge is 0.454 e. The fourth-order valence-corrected chi connectivity index (χ4v) is 6.72. The fourth-order valence-electron chi connectivity index (χ4n) is 6.72. The van der Waals surface area contributed by atoms with E-state index in [-0.39, 0.29) is 24.4 Å². The third-order valence-corrected chi connectivity index (χ3v) is 8.39. The van der Waals surface area contributed by atoms with Crippen LogP contribution in [0.2, 0.25) is 0 Å². The van der Waals surface area contributed by atoms with Crippen LogP contribution in [0.4, 0.5) is 5.69 Å². The summed E-state index contributed by atoms with van der Waals surface area (Å²) in [5.74, 6) is -1.31. The SMILES string of the molecule is O=C(c1ccc2c(c1)OCO2)C1C2C(=O)N(c3cccc4ccccc34)C(=O)C2C2c3ccccc3C=CN12. The van der Waals surface area contributed by atoms with E-state index in [9.17, 15) is 14.4 Å². The normalized spacial score (nSPS) is 24.2. The Morgan fingerprint density at radius 2 is 1.56 bits per heavy atom. The van der Waals surface area contributed by atoms with Gasteiger partial charge in [0.25, 0.3) is 0 Å². The van der Waals surface area contributed by atoms with Crippen molar-refractivity contribution in [1.29, 1.82) is 0 Å². The average Bonchev–Trinajstić information content (AvgIpc) is 3.65. The number of amides is 2. The number of Topliss-reactive ketones (excluding diaryl/α,β-unsaturated/α-hetero) is 1. The molecule has 4 unspecified atom stereocenters. The van der Waals surface area contributed by atoms with Gasteiger partial charge in [0, 0.05) is 17.1 Å². The molecule has 4 heterocycles. The van der Waals surface area contributed by atoms with Gasteiger partial charge < -0.3 is 14.4 Å². The fraction of sp³-hybridized carbons (Fsp3) is 0.156. The maximum absolute atomic E-state index is 14.3. The predicted octanol–water partition coefficient (Wildman–Crippen LogP) is 4.97. The molecule has 0 spiro atoms. The first-order chi connectivity index (χ1) is 19.1. The van der Waals surface area contributed by atoms with E-state index in [1.165, 1.54) is 4.90 Å². The predicted molar refractivity (Wildman–Crippen MR) is 144 cm³/mol. The summed E-state index contributed by atoms with van der Waals surface area (Å²) in [4.78, 5) is 46.0. The molecule has 39 heavy (non-hydrogen) atoms. The Labute approximate surface area is 223 Å². The van der Waals surface area contributed by atoms with Crippen LogP contribution in [0.1, 0.15) is 27.5 Å². The number of hydrogen-bond acceptors (Lipinski definition) is 6. The van der Waals surface area contributed by atoms with Crippen LogP contribution < -0.4 is 14.4 Å². The van der Waals surface area contributed by atoms with E-state index in [0.29, 0.717) is 22.7 Å². The number of benzene rings is 4. The number of carbonyl (C=O) groups excluding carboxylic acids is 3. The second-order valence-corrected chi connectivity index (χ2v) is 10.3. The summed E-state index contributed by atoms with van der Waals surface area (Å²) >= 11 is 0. The van der Waals surface area contributed by atoms with Gasteiger partial charge >= 0.3 is 0 Å². The van der Waals surface area contributed by atoms with Gasteiger partial charge in [-0.1, -0.05) is 60.7 Å². The summed E-state index contributed by atoms with van der Waals surface area (Å²) in [7, 11) is 0. The lowest BCUT2D eigenvalue weighted by Gasteiger charge is -2.35. The standard InChI is InChI=1S/C32H22N2O5/c35-30(20-12-13-24-25(16-20)39-17-38-24)29-27-26(28-22-10-4-2-7-19(22)14-15-33(28)29)31(36)34(32(27)37)23-11-5-8-18-6-1-3-9-21(18)23/h1-16,26-29H,17H2. The third kappa shape index (κ3) is 3.01. The summed E-state index contributed by atoms with van der Waals surface area (Å²) in [6, 6.07) is 25.0. The Balaban J connectivity index is 1.29. The first-order valence-corrected chi connectivity index (χ1v) is 13.0. The highest BCUT2D eigenvalue weighted by Crippen LogP contribution is 2.54. The van der Waals surface area contributed by atoms with Gasteiger partial charge in [-0.15, -0.1) is 0 Å². The minimum Gasteiger partial charge on any atom is -0.454 e. The van der Waals surface area contributed by atoms with E-state index < -0.39 is 23.9 Å². The summed E-state index contributed by atoms with van der Waals surface area (Å²) in [5.41, 5.74) is 2.90. The van der Waals surface area contributed by atoms with Gasteiger partial charge in [-0.05, 0) is 46.9 Å². The van der Waals surface area contributed by atoms with Gasteiger partial charge in [0.2, 0.25) is 18.6 Å². The third-order valence-electron chi connectivity index (χ3n) is 8.39. The topological polar surface area (TPSA) is 76.1 Å². The van der Waals surface area contributed by atoms with Gasteiger partial charge in [-0.2, -0.15) is 0 Å². The molecule has 0 radical (unpaired) electrons. The molecular formula is C32H22N2O5. The first kappa shape index (κ1) is 22.1. The molecule has 8 rings (SSSR count). The van der Waals surface area contributed by atoms with E-state index in [1.54, 1.807) is 24.3 Å². The van der Waals surface area contributed by atoms with E-state index in [1.807, 2.05) is 77.8 Å². The van der Waals surface area contributed by atoms with Crippen molar-refractivity contribution >= 4 is 40.1 Å². The monoisotopic (exact) mass is 514 g/mol. The van der Waals surface area contributed by atoms with Gasteiger partial charge in [-0.3, -0.25) is 14.4 Å². The molecule has 4 aliphatic heterocycles. The van der Waals surface area contributed by atoms with E-state index in [2.05, 4.69) is 0 Å². The molecule has 4 aromatic carbocycles. The van der Waals surface area contributed by atoms with Crippen LogP contribution in [0.25, 0.3) is 16.8 Å². The maximum Gasteiger partial charge on any atom is 0.240 e. The lowest BCUT2D eigenvalue weighted by Crippen LogP contribution is -2.44. The molecule has 4 aromatic rings. The van der Waals surface area contributed by atoms with Crippen molar-refractivity contribution in [3.05, 3.63) is 108 Å². The molecule has 4 atom stereocenters. The molecule has 4 aliphatic rings. The minimum absolute atomic E-state index is 0.0990. The highest BCUT2D eigenvalue weighted by atomic mass is 16.7. The first-order valence-electron chi connectivity index (χ1n) is 13.0. The van der Waals surface area contributed by atoms with Crippen LogP contribution >= 0.6 is 0 Å². The van der Waals surface area contributed by atoms with E-state index in [4.69, 9.17) is 9.47 Å². The Kier molecular flexibility index (Phi) is 4.56. The second kappa shape index (κ2) is 8.04. The van der Waals surface area contributed by atoms with Crippen molar-refractivity contribution in [1.82, 2.24) is 4.90 Å². The van der Waals surface area contributed by atoms with Crippen molar-refractivity contribution in [3.8, 4) is 11.5 Å². The van der Waals surface area contributed by atoms with Crippen molar-refractivity contribution in [2.45, 2.75) is 12.1 Å². The average molecular weight is 515 g/mol. The summed E-state index contributed by atoms with van der Waals surface area (Å²) in [6.07, 6.45) is 3.81. The lowest BCUT2D eigenvalue weighted by molar-refractivity contribution is -0.123. The lowest BCUT2D eigenvalue weighted by atomic mass is 9.83. The van der Waals surface area contributed by atoms with Gasteiger partial charge in [0.15, 0.2) is 17.3 Å². The summed E-state index contributed by atoms with van der Waals surface area (Å²) in [6.45, 7) is 0.0990. The molecule has 0 aliphatic carbocycles. The van der Waals surface area contributed by atoms with Crippen molar-refractivity contribution in [3.63, 3.8) is 0 Å². The second-order valence-electron chi connectivity index (χ2n) is 10.3. The van der Waals surface area contributed by atoms with Crippen LogP contribution in [-0.4, -0.2) is 35.3 Å². The molecular weight excluding hydrogens is 492 g/mol. The number of carbonyl (C=O) groups is 3. The van der Waals surface area contributed by atoms with Crippen LogP contribution in [0.3, 0.4) is 0 Å². The van der Waals surface area contributed by atoms with Gasteiger partial charge in [0.05, 0.1) is 23.6 Å². The highest BCUT2D eigenvalue weighted by Gasteiger charge is 2.64. The zero-order valence-corrected chi connectivity index (χ0v) is 20.7. The van der Waals surface area contributed by atoms with Crippen molar-refractivity contribution in [2.24, 2.45) is 11.8 Å². The van der Waals surface area contributed by atoms with Crippen LogP contribution in [0.5, 0.6) is 11.5 Å². The zero-order chi connectivity index (χ0) is 26.2. The Morgan fingerprint density at radius 1 is 0.795 bits per heavy atom. The Hall–Kier alpha value is -4.91. The molecule has 0 bridgehead atoms. The summed E-state index contributed by atoms with van der Waals surface area (Å²) < 4.78 is 10.9. The number of imide groups is 1. The summed E-state index contributed by atoms with van der Waals surface area (Å²) in [5, 5.41) is 1.76. The van der Waals surface area contributed by atoms with Crippen LogP contribution in [0.15, 0.2) is 91.1 Å². The van der Waals surface area contributed by atoms with Crippen molar-refractivity contribution < 1.29 is 23.9 Å². The number of hydrogen-bond donors (Lipinski definition) is 0.